The summed E-state index contributed by atoms with van der Waals surface area (Å²) in [6.45, 7) is 0. The second-order valence-corrected chi connectivity index (χ2v) is 4.24. The molecule has 1 aliphatic rings. The zero-order valence-corrected chi connectivity index (χ0v) is 10.0. The number of pyridine rings is 1. The van der Waals surface area contributed by atoms with Gasteiger partial charge < -0.3 is 9.84 Å². The number of aliphatic hydroxyl groups is 1. The SMILES string of the molecule is O=C1OC(O)(c2cccc([N+](=O)[O-])c2)c2ncccc21. The van der Waals surface area contributed by atoms with Crippen molar-refractivity contribution >= 4 is 11.7 Å². The van der Waals surface area contributed by atoms with Gasteiger partial charge in [-0.3, -0.25) is 15.1 Å². The summed E-state index contributed by atoms with van der Waals surface area (Å²) in [6.07, 6.45) is 1.41. The van der Waals surface area contributed by atoms with Gasteiger partial charge in [0, 0.05) is 23.9 Å². The van der Waals surface area contributed by atoms with Crippen LogP contribution in [0.3, 0.4) is 0 Å². The molecular weight excluding hydrogens is 264 g/mol. The van der Waals surface area contributed by atoms with Gasteiger partial charge in [0.1, 0.15) is 5.69 Å². The molecule has 1 N–H and O–H groups in total. The van der Waals surface area contributed by atoms with Crippen molar-refractivity contribution in [2.75, 3.05) is 0 Å². The first-order valence-electron chi connectivity index (χ1n) is 5.68. The summed E-state index contributed by atoms with van der Waals surface area (Å²) < 4.78 is 4.97. The fraction of sp³-hybridized carbons (Fsp3) is 0.0769. The van der Waals surface area contributed by atoms with E-state index >= 15 is 0 Å². The number of nitro benzene ring substituents is 1. The lowest BCUT2D eigenvalue weighted by Gasteiger charge is -2.21. The zero-order chi connectivity index (χ0) is 14.3. The second-order valence-electron chi connectivity index (χ2n) is 4.24. The third-order valence-electron chi connectivity index (χ3n) is 3.04. The molecule has 0 bridgehead atoms. The normalized spacial score (nSPS) is 20.4. The molecule has 7 nitrogen and oxygen atoms in total. The Bertz CT molecular complexity index is 730. The maximum Gasteiger partial charge on any atom is 0.343 e. The van der Waals surface area contributed by atoms with Crippen LogP contribution in [0.5, 0.6) is 0 Å². The van der Waals surface area contributed by atoms with Crippen LogP contribution < -0.4 is 0 Å². The molecule has 2 aromatic rings. The third kappa shape index (κ3) is 1.64. The van der Waals surface area contributed by atoms with E-state index in [-0.39, 0.29) is 22.5 Å². The van der Waals surface area contributed by atoms with E-state index < -0.39 is 16.7 Å². The molecule has 0 aliphatic carbocycles. The Kier molecular flexibility index (Phi) is 2.51. The first kappa shape index (κ1) is 12.2. The molecule has 0 fully saturated rings. The van der Waals surface area contributed by atoms with Gasteiger partial charge in [0.05, 0.1) is 10.5 Å². The van der Waals surface area contributed by atoms with Gasteiger partial charge >= 0.3 is 5.97 Å². The highest BCUT2D eigenvalue weighted by molar-refractivity contribution is 5.94. The van der Waals surface area contributed by atoms with Gasteiger partial charge in [-0.1, -0.05) is 12.1 Å². The molecule has 1 atom stereocenters. The molecule has 0 saturated carbocycles. The number of benzene rings is 1. The highest BCUT2D eigenvalue weighted by atomic mass is 16.7. The summed E-state index contributed by atoms with van der Waals surface area (Å²) in [6, 6.07) is 8.28. The number of cyclic esters (lactones) is 1. The Hall–Kier alpha value is -2.80. The van der Waals surface area contributed by atoms with E-state index in [1.807, 2.05) is 0 Å². The highest BCUT2D eigenvalue weighted by Gasteiger charge is 2.47. The summed E-state index contributed by atoms with van der Waals surface area (Å²) >= 11 is 0. The van der Waals surface area contributed by atoms with Crippen molar-refractivity contribution in [3.63, 3.8) is 0 Å². The average Bonchev–Trinajstić information content (AvgIpc) is 2.73. The summed E-state index contributed by atoms with van der Waals surface area (Å²) in [5, 5.41) is 21.3. The van der Waals surface area contributed by atoms with Crippen LogP contribution in [0.1, 0.15) is 21.6 Å². The summed E-state index contributed by atoms with van der Waals surface area (Å²) in [5.41, 5.74) is 0.0425. The molecule has 1 aromatic heterocycles. The van der Waals surface area contributed by atoms with Gasteiger partial charge in [0.15, 0.2) is 0 Å². The number of nitro groups is 1. The molecule has 0 radical (unpaired) electrons. The first-order valence-corrected chi connectivity index (χ1v) is 5.68. The van der Waals surface area contributed by atoms with Gasteiger partial charge in [0.2, 0.25) is 0 Å². The number of hydrogen-bond acceptors (Lipinski definition) is 6. The fourth-order valence-electron chi connectivity index (χ4n) is 2.10. The number of nitrogens with zero attached hydrogens (tertiary/aromatic N) is 2. The predicted octanol–water partition coefficient (Wildman–Crippen LogP) is 1.35. The molecule has 3 rings (SSSR count). The number of fused-ring (bicyclic) bond motifs is 1. The topological polar surface area (TPSA) is 103 Å². The Balaban J connectivity index is 2.17. The van der Waals surface area contributed by atoms with Crippen LogP contribution in [0.4, 0.5) is 5.69 Å². The molecule has 2 heterocycles. The van der Waals surface area contributed by atoms with E-state index in [0.29, 0.717) is 0 Å². The largest absolute Gasteiger partial charge is 0.419 e. The monoisotopic (exact) mass is 272 g/mol. The molecule has 1 aliphatic heterocycles. The van der Waals surface area contributed by atoms with E-state index in [4.69, 9.17) is 4.74 Å². The van der Waals surface area contributed by atoms with Gasteiger partial charge in [0.25, 0.3) is 11.5 Å². The standard InChI is InChI=1S/C13H8N2O5/c16-12-10-5-2-6-14-11(10)13(17,20-12)8-3-1-4-9(7-8)15(18)19/h1-7,17H. The summed E-state index contributed by atoms with van der Waals surface area (Å²) in [4.78, 5) is 25.9. The molecular formula is C13H8N2O5. The van der Waals surface area contributed by atoms with Crippen molar-refractivity contribution in [2.45, 2.75) is 5.79 Å². The first-order chi connectivity index (χ1) is 9.52. The van der Waals surface area contributed by atoms with E-state index in [1.165, 1.54) is 30.5 Å². The van der Waals surface area contributed by atoms with Crippen molar-refractivity contribution in [1.82, 2.24) is 4.98 Å². The van der Waals surface area contributed by atoms with E-state index in [9.17, 15) is 20.0 Å². The number of ether oxygens (including phenoxy) is 1. The molecule has 0 amide bonds. The molecule has 7 heteroatoms. The van der Waals surface area contributed by atoms with Gasteiger partial charge in [-0.15, -0.1) is 0 Å². The minimum atomic E-state index is -2.10. The van der Waals surface area contributed by atoms with E-state index in [0.717, 1.165) is 6.07 Å². The van der Waals surface area contributed by atoms with Crippen LogP contribution in [0.15, 0.2) is 42.6 Å². The van der Waals surface area contributed by atoms with Crippen LogP contribution in [0.25, 0.3) is 0 Å². The van der Waals surface area contributed by atoms with Crippen LogP contribution in [0, 0.1) is 10.1 Å². The van der Waals surface area contributed by atoms with Crippen molar-refractivity contribution < 1.29 is 19.6 Å². The Morgan fingerprint density at radius 3 is 2.85 bits per heavy atom. The maximum atomic E-state index is 11.7. The number of rotatable bonds is 2. The Morgan fingerprint density at radius 1 is 1.30 bits per heavy atom. The van der Waals surface area contributed by atoms with Crippen LogP contribution in [-0.4, -0.2) is 21.0 Å². The zero-order valence-electron chi connectivity index (χ0n) is 10.0. The minimum absolute atomic E-state index is 0.0329. The average molecular weight is 272 g/mol. The Labute approximate surface area is 112 Å². The molecule has 0 spiro atoms. The van der Waals surface area contributed by atoms with Gasteiger partial charge in [-0.2, -0.15) is 0 Å². The predicted molar refractivity (Wildman–Crippen MR) is 65.7 cm³/mol. The molecule has 1 aromatic carbocycles. The summed E-state index contributed by atoms with van der Waals surface area (Å²) in [5.74, 6) is -2.82. The number of non-ortho nitro benzene ring substituents is 1. The van der Waals surface area contributed by atoms with E-state index in [1.54, 1.807) is 6.07 Å². The second kappa shape index (κ2) is 4.10. The fourth-order valence-corrected chi connectivity index (χ4v) is 2.10. The van der Waals surface area contributed by atoms with Crippen LogP contribution in [-0.2, 0) is 10.5 Å². The van der Waals surface area contributed by atoms with Crippen molar-refractivity contribution in [1.29, 1.82) is 0 Å². The molecule has 1 unspecified atom stereocenters. The highest BCUT2D eigenvalue weighted by Crippen LogP contribution is 2.38. The molecule has 20 heavy (non-hydrogen) atoms. The third-order valence-corrected chi connectivity index (χ3v) is 3.04. The maximum absolute atomic E-state index is 11.7. The number of carbonyl (C=O) groups is 1. The van der Waals surface area contributed by atoms with E-state index in [2.05, 4.69) is 4.98 Å². The molecule has 100 valence electrons. The van der Waals surface area contributed by atoms with Gasteiger partial charge in [-0.25, -0.2) is 4.79 Å². The van der Waals surface area contributed by atoms with Crippen molar-refractivity contribution in [2.24, 2.45) is 0 Å². The van der Waals surface area contributed by atoms with Crippen molar-refractivity contribution in [3.05, 3.63) is 69.5 Å². The van der Waals surface area contributed by atoms with Gasteiger partial charge in [-0.05, 0) is 12.1 Å². The van der Waals surface area contributed by atoms with Crippen LogP contribution in [0.2, 0.25) is 0 Å². The molecule has 0 saturated heterocycles. The number of esters is 1. The van der Waals surface area contributed by atoms with Crippen LogP contribution >= 0.6 is 0 Å². The smallest absolute Gasteiger partial charge is 0.343 e. The summed E-state index contributed by atoms with van der Waals surface area (Å²) in [7, 11) is 0. The minimum Gasteiger partial charge on any atom is -0.419 e. The lowest BCUT2D eigenvalue weighted by molar-refractivity contribution is -0.385. The van der Waals surface area contributed by atoms with Crippen molar-refractivity contribution in [3.8, 4) is 0 Å². The number of hydrogen-bond donors (Lipinski definition) is 1. The number of aromatic nitrogens is 1. The Morgan fingerprint density at radius 2 is 2.10 bits per heavy atom. The number of carbonyl (C=O) groups excluding carboxylic acids is 1. The lowest BCUT2D eigenvalue weighted by atomic mass is 10.0. The lowest BCUT2D eigenvalue weighted by Crippen LogP contribution is -2.28. The quantitative estimate of drug-likeness (QED) is 0.503.